The van der Waals surface area contributed by atoms with Crippen molar-refractivity contribution in [2.75, 3.05) is 21.3 Å². The van der Waals surface area contributed by atoms with Crippen LogP contribution in [0.4, 0.5) is 0 Å². The van der Waals surface area contributed by atoms with Crippen molar-refractivity contribution in [1.82, 2.24) is 0 Å². The van der Waals surface area contributed by atoms with Gasteiger partial charge in [-0.3, -0.25) is 0 Å². The van der Waals surface area contributed by atoms with E-state index in [2.05, 4.69) is 0 Å². The quantitative estimate of drug-likeness (QED) is 0.792. The predicted molar refractivity (Wildman–Crippen MR) is 63.6 cm³/mol. The molecule has 0 bridgehead atoms. The van der Waals surface area contributed by atoms with Gasteiger partial charge in [0.2, 0.25) is 0 Å². The van der Waals surface area contributed by atoms with Crippen molar-refractivity contribution < 1.29 is 14.2 Å². The number of methoxy groups -OCH3 is 3. The molecule has 0 aliphatic heterocycles. The van der Waals surface area contributed by atoms with Crippen molar-refractivity contribution in [3.8, 4) is 17.2 Å². The maximum absolute atomic E-state index is 5.37. The third-order valence-corrected chi connectivity index (χ3v) is 2.57. The summed E-state index contributed by atoms with van der Waals surface area (Å²) in [5.74, 6) is 2.20. The van der Waals surface area contributed by atoms with Crippen molar-refractivity contribution in [2.45, 2.75) is 0 Å². The molecule has 2 aromatic carbocycles. The highest BCUT2D eigenvalue weighted by Crippen LogP contribution is 2.40. The molecule has 0 radical (unpaired) electrons. The summed E-state index contributed by atoms with van der Waals surface area (Å²) in [4.78, 5) is 0. The second-order valence-corrected chi connectivity index (χ2v) is 3.36. The molecule has 0 saturated heterocycles. The molecule has 0 amide bonds. The minimum Gasteiger partial charge on any atom is -0.496 e. The zero-order valence-corrected chi connectivity index (χ0v) is 9.61. The number of rotatable bonds is 3. The Balaban J connectivity index is 2.83. The summed E-state index contributed by atoms with van der Waals surface area (Å²) in [5.41, 5.74) is 0. The molecule has 0 atom stereocenters. The number of fused-ring (bicyclic) bond motifs is 1. The van der Waals surface area contributed by atoms with Gasteiger partial charge in [0, 0.05) is 16.8 Å². The highest BCUT2D eigenvalue weighted by Gasteiger charge is 2.12. The Morgan fingerprint density at radius 1 is 0.750 bits per heavy atom. The maximum Gasteiger partial charge on any atom is 0.168 e. The molecule has 0 N–H and O–H groups in total. The van der Waals surface area contributed by atoms with Gasteiger partial charge in [-0.2, -0.15) is 0 Å². The van der Waals surface area contributed by atoms with Crippen molar-refractivity contribution >= 4 is 10.8 Å². The molecule has 0 aromatic heterocycles. The molecule has 0 heterocycles. The van der Waals surface area contributed by atoms with E-state index in [1.807, 2.05) is 30.3 Å². The van der Waals surface area contributed by atoms with Gasteiger partial charge in [-0.25, -0.2) is 0 Å². The second kappa shape index (κ2) is 4.31. The van der Waals surface area contributed by atoms with Gasteiger partial charge in [0.25, 0.3) is 0 Å². The van der Waals surface area contributed by atoms with Crippen LogP contribution in [0.25, 0.3) is 10.8 Å². The van der Waals surface area contributed by atoms with Crippen LogP contribution < -0.4 is 14.2 Å². The van der Waals surface area contributed by atoms with Crippen LogP contribution >= 0.6 is 0 Å². The third-order valence-electron chi connectivity index (χ3n) is 2.57. The van der Waals surface area contributed by atoms with Gasteiger partial charge in [-0.05, 0) is 0 Å². The van der Waals surface area contributed by atoms with Crippen molar-refractivity contribution in [3.05, 3.63) is 30.3 Å². The molecule has 3 heteroatoms. The molecule has 0 saturated carbocycles. The van der Waals surface area contributed by atoms with E-state index in [9.17, 15) is 0 Å². The molecular formula is C13H14O3. The molecule has 16 heavy (non-hydrogen) atoms. The molecule has 0 fully saturated rings. The highest BCUT2D eigenvalue weighted by atomic mass is 16.5. The lowest BCUT2D eigenvalue weighted by molar-refractivity contribution is 0.353. The summed E-state index contributed by atoms with van der Waals surface area (Å²) in [7, 11) is 4.90. The lowest BCUT2D eigenvalue weighted by atomic mass is 10.1. The lowest BCUT2D eigenvalue weighted by Gasteiger charge is -2.13. The standard InChI is InChI=1S/C13H14O3/c1-14-11-8-12(15-2)13(16-3)10-7-5-4-6-9(10)11/h4-8H,1-3H3. The number of ether oxygens (including phenoxy) is 3. The summed E-state index contributed by atoms with van der Waals surface area (Å²) in [5, 5.41) is 2.00. The fourth-order valence-electron chi connectivity index (χ4n) is 1.82. The van der Waals surface area contributed by atoms with E-state index >= 15 is 0 Å². The minimum absolute atomic E-state index is 0.679. The normalized spacial score (nSPS) is 10.2. The Morgan fingerprint density at radius 2 is 1.38 bits per heavy atom. The van der Waals surface area contributed by atoms with Gasteiger partial charge in [0.1, 0.15) is 5.75 Å². The van der Waals surface area contributed by atoms with Crippen LogP contribution in [0.15, 0.2) is 30.3 Å². The van der Waals surface area contributed by atoms with Crippen LogP contribution in [0.3, 0.4) is 0 Å². The predicted octanol–water partition coefficient (Wildman–Crippen LogP) is 2.87. The van der Waals surface area contributed by atoms with Crippen molar-refractivity contribution in [1.29, 1.82) is 0 Å². The van der Waals surface area contributed by atoms with Crippen LogP contribution in [0, 0.1) is 0 Å². The van der Waals surface area contributed by atoms with E-state index in [4.69, 9.17) is 14.2 Å². The average Bonchev–Trinajstić information content (AvgIpc) is 2.36. The van der Waals surface area contributed by atoms with E-state index in [0.29, 0.717) is 5.75 Å². The fraction of sp³-hybridized carbons (Fsp3) is 0.231. The number of hydrogen-bond donors (Lipinski definition) is 0. The van der Waals surface area contributed by atoms with Gasteiger partial charge in [0.05, 0.1) is 21.3 Å². The largest absolute Gasteiger partial charge is 0.496 e. The smallest absolute Gasteiger partial charge is 0.168 e. The molecule has 2 rings (SSSR count). The summed E-state index contributed by atoms with van der Waals surface area (Å²) in [6, 6.07) is 9.75. The zero-order valence-electron chi connectivity index (χ0n) is 9.61. The Bertz CT molecular complexity index is 506. The average molecular weight is 218 g/mol. The Hall–Kier alpha value is -1.90. The zero-order chi connectivity index (χ0) is 11.5. The lowest BCUT2D eigenvalue weighted by Crippen LogP contribution is -1.94. The monoisotopic (exact) mass is 218 g/mol. The van der Waals surface area contributed by atoms with E-state index < -0.39 is 0 Å². The van der Waals surface area contributed by atoms with E-state index in [0.717, 1.165) is 22.3 Å². The topological polar surface area (TPSA) is 27.7 Å². The Morgan fingerprint density at radius 3 is 1.94 bits per heavy atom. The van der Waals surface area contributed by atoms with Gasteiger partial charge in [-0.1, -0.05) is 24.3 Å². The molecule has 2 aromatic rings. The molecule has 3 nitrogen and oxygen atoms in total. The van der Waals surface area contributed by atoms with Crippen LogP contribution in [0.2, 0.25) is 0 Å². The summed E-state index contributed by atoms with van der Waals surface area (Å²) >= 11 is 0. The molecule has 0 aliphatic carbocycles. The second-order valence-electron chi connectivity index (χ2n) is 3.36. The molecule has 0 unspecified atom stereocenters. The first kappa shape index (κ1) is 10.6. The first-order valence-corrected chi connectivity index (χ1v) is 4.99. The molecular weight excluding hydrogens is 204 g/mol. The first-order chi connectivity index (χ1) is 7.81. The summed E-state index contributed by atoms with van der Waals surface area (Å²) in [6.07, 6.45) is 0. The number of benzene rings is 2. The minimum atomic E-state index is 0.679. The van der Waals surface area contributed by atoms with Gasteiger partial charge in [0.15, 0.2) is 11.5 Å². The van der Waals surface area contributed by atoms with E-state index in [-0.39, 0.29) is 0 Å². The van der Waals surface area contributed by atoms with E-state index in [1.165, 1.54) is 0 Å². The Kier molecular flexibility index (Phi) is 2.86. The van der Waals surface area contributed by atoms with E-state index in [1.54, 1.807) is 21.3 Å². The SMILES string of the molecule is COc1cc(OC)c2ccccc2c1OC. The van der Waals surface area contributed by atoms with Crippen molar-refractivity contribution in [2.24, 2.45) is 0 Å². The highest BCUT2D eigenvalue weighted by molar-refractivity contribution is 5.95. The van der Waals surface area contributed by atoms with Gasteiger partial charge < -0.3 is 14.2 Å². The van der Waals surface area contributed by atoms with Crippen LogP contribution in [0.5, 0.6) is 17.2 Å². The molecule has 0 aliphatic rings. The summed E-state index contributed by atoms with van der Waals surface area (Å²) < 4.78 is 16.0. The maximum atomic E-state index is 5.37. The van der Waals surface area contributed by atoms with Crippen molar-refractivity contribution in [3.63, 3.8) is 0 Å². The number of hydrogen-bond acceptors (Lipinski definition) is 3. The molecule has 84 valence electrons. The fourth-order valence-corrected chi connectivity index (χ4v) is 1.82. The van der Waals surface area contributed by atoms with Crippen LogP contribution in [-0.2, 0) is 0 Å². The van der Waals surface area contributed by atoms with Crippen LogP contribution in [-0.4, -0.2) is 21.3 Å². The first-order valence-electron chi connectivity index (χ1n) is 4.99. The third kappa shape index (κ3) is 1.54. The molecule has 0 spiro atoms. The van der Waals surface area contributed by atoms with Crippen LogP contribution in [0.1, 0.15) is 0 Å². The van der Waals surface area contributed by atoms with Gasteiger partial charge >= 0.3 is 0 Å². The summed E-state index contributed by atoms with van der Waals surface area (Å²) in [6.45, 7) is 0. The Labute approximate surface area is 94.5 Å². The van der Waals surface area contributed by atoms with Gasteiger partial charge in [-0.15, -0.1) is 0 Å².